The third-order valence-corrected chi connectivity index (χ3v) is 2.86. The van der Waals surface area contributed by atoms with E-state index in [1.165, 1.54) is 0 Å². The topological polar surface area (TPSA) is 57.4 Å². The van der Waals surface area contributed by atoms with Crippen molar-refractivity contribution in [3.8, 4) is 11.5 Å². The van der Waals surface area contributed by atoms with E-state index in [1.807, 2.05) is 37.3 Å². The van der Waals surface area contributed by atoms with Gasteiger partial charge in [0.05, 0.1) is 13.3 Å². The number of methoxy groups -OCH3 is 1. The zero-order chi connectivity index (χ0) is 13.7. The van der Waals surface area contributed by atoms with Crippen LogP contribution in [0.15, 0.2) is 36.5 Å². The maximum atomic E-state index is 5.67. The predicted octanol–water partition coefficient (Wildman–Crippen LogP) is 2.44. The Morgan fingerprint density at radius 1 is 1.21 bits per heavy atom. The van der Waals surface area contributed by atoms with Crippen LogP contribution in [0.1, 0.15) is 16.8 Å². The van der Waals surface area contributed by atoms with E-state index in [9.17, 15) is 0 Å². The second-order valence-corrected chi connectivity index (χ2v) is 4.27. The van der Waals surface area contributed by atoms with E-state index in [-0.39, 0.29) is 0 Å². The van der Waals surface area contributed by atoms with E-state index in [1.54, 1.807) is 13.3 Å². The molecule has 100 valence electrons. The molecule has 0 fully saturated rings. The molecule has 0 aliphatic rings. The van der Waals surface area contributed by atoms with Gasteiger partial charge in [-0.3, -0.25) is 4.98 Å². The van der Waals surface area contributed by atoms with E-state index in [2.05, 4.69) is 4.98 Å². The van der Waals surface area contributed by atoms with Gasteiger partial charge in [0.25, 0.3) is 0 Å². The Balaban J connectivity index is 2.05. The molecule has 0 saturated carbocycles. The summed E-state index contributed by atoms with van der Waals surface area (Å²) in [6.07, 6.45) is 1.72. The fourth-order valence-corrected chi connectivity index (χ4v) is 1.75. The Morgan fingerprint density at radius 3 is 2.68 bits per heavy atom. The molecule has 0 amide bonds. The zero-order valence-electron chi connectivity index (χ0n) is 11.2. The standard InChI is InChI=1S/C15H18N2O2/c1-11-3-6-14(9-17-11)19-10-12-4-5-13(8-16)15(7-12)18-2/h3-7,9H,8,10,16H2,1-2H3. The van der Waals surface area contributed by atoms with E-state index < -0.39 is 0 Å². The fourth-order valence-electron chi connectivity index (χ4n) is 1.75. The van der Waals surface area contributed by atoms with Gasteiger partial charge in [-0.2, -0.15) is 0 Å². The second kappa shape index (κ2) is 6.20. The summed E-state index contributed by atoms with van der Waals surface area (Å²) >= 11 is 0. The molecule has 2 N–H and O–H groups in total. The van der Waals surface area contributed by atoms with Crippen LogP contribution in [0.25, 0.3) is 0 Å². The first-order valence-corrected chi connectivity index (χ1v) is 6.14. The lowest BCUT2D eigenvalue weighted by Gasteiger charge is -2.10. The summed E-state index contributed by atoms with van der Waals surface area (Å²) < 4.78 is 11.0. The molecule has 1 heterocycles. The van der Waals surface area contributed by atoms with Crippen LogP contribution in [-0.2, 0) is 13.2 Å². The van der Waals surface area contributed by atoms with E-state index in [4.69, 9.17) is 15.2 Å². The highest BCUT2D eigenvalue weighted by Gasteiger charge is 2.03. The molecule has 19 heavy (non-hydrogen) atoms. The quantitative estimate of drug-likeness (QED) is 0.895. The summed E-state index contributed by atoms with van der Waals surface area (Å²) in [6, 6.07) is 9.74. The van der Waals surface area contributed by atoms with E-state index >= 15 is 0 Å². The largest absolute Gasteiger partial charge is 0.496 e. The molecule has 0 saturated heterocycles. The number of rotatable bonds is 5. The molecule has 1 aromatic heterocycles. The number of nitrogens with zero attached hydrogens (tertiary/aromatic N) is 1. The normalized spacial score (nSPS) is 10.3. The summed E-state index contributed by atoms with van der Waals surface area (Å²) in [5, 5.41) is 0. The van der Waals surface area contributed by atoms with E-state index in [0.717, 1.165) is 28.3 Å². The molecule has 0 aliphatic carbocycles. The first kappa shape index (κ1) is 13.4. The van der Waals surface area contributed by atoms with Gasteiger partial charge in [-0.25, -0.2) is 0 Å². The molecule has 0 bridgehead atoms. The Kier molecular flexibility index (Phi) is 4.36. The van der Waals surface area contributed by atoms with Gasteiger partial charge < -0.3 is 15.2 Å². The van der Waals surface area contributed by atoms with Gasteiger partial charge in [-0.15, -0.1) is 0 Å². The van der Waals surface area contributed by atoms with Crippen LogP contribution < -0.4 is 15.2 Å². The van der Waals surface area contributed by atoms with Crippen LogP contribution in [0.5, 0.6) is 11.5 Å². The SMILES string of the molecule is COc1cc(COc2ccc(C)nc2)ccc1CN. The van der Waals surface area contributed by atoms with Crippen LogP contribution in [0.3, 0.4) is 0 Å². The van der Waals surface area contributed by atoms with Crippen molar-refractivity contribution in [1.29, 1.82) is 0 Å². The van der Waals surface area contributed by atoms with Crippen LogP contribution in [0, 0.1) is 6.92 Å². The maximum Gasteiger partial charge on any atom is 0.138 e. The summed E-state index contributed by atoms with van der Waals surface area (Å²) in [6.45, 7) is 2.89. The Bertz CT molecular complexity index is 538. The van der Waals surface area contributed by atoms with Crippen LogP contribution in [0.4, 0.5) is 0 Å². The van der Waals surface area contributed by atoms with Crippen molar-refractivity contribution in [1.82, 2.24) is 4.98 Å². The number of ether oxygens (including phenoxy) is 2. The van der Waals surface area contributed by atoms with Crippen molar-refractivity contribution in [3.63, 3.8) is 0 Å². The van der Waals surface area contributed by atoms with Gasteiger partial charge in [0.15, 0.2) is 0 Å². The number of aryl methyl sites for hydroxylation is 1. The minimum absolute atomic E-state index is 0.464. The van der Waals surface area contributed by atoms with Crippen molar-refractivity contribution < 1.29 is 9.47 Å². The summed E-state index contributed by atoms with van der Waals surface area (Å²) in [7, 11) is 1.64. The average Bonchev–Trinajstić information content (AvgIpc) is 2.46. The first-order chi connectivity index (χ1) is 9.22. The van der Waals surface area contributed by atoms with Gasteiger partial charge >= 0.3 is 0 Å². The average molecular weight is 258 g/mol. The zero-order valence-corrected chi connectivity index (χ0v) is 11.2. The van der Waals surface area contributed by atoms with Crippen molar-refractivity contribution >= 4 is 0 Å². The lowest BCUT2D eigenvalue weighted by Crippen LogP contribution is -2.02. The second-order valence-electron chi connectivity index (χ2n) is 4.27. The van der Waals surface area contributed by atoms with Crippen LogP contribution >= 0.6 is 0 Å². The van der Waals surface area contributed by atoms with Crippen molar-refractivity contribution in [3.05, 3.63) is 53.3 Å². The molecule has 1 aromatic carbocycles. The Morgan fingerprint density at radius 2 is 2.05 bits per heavy atom. The molecule has 2 aromatic rings. The monoisotopic (exact) mass is 258 g/mol. The minimum atomic E-state index is 0.464. The highest BCUT2D eigenvalue weighted by atomic mass is 16.5. The van der Waals surface area contributed by atoms with Gasteiger partial charge in [0, 0.05) is 17.8 Å². The minimum Gasteiger partial charge on any atom is -0.496 e. The first-order valence-electron chi connectivity index (χ1n) is 6.14. The molecule has 0 unspecified atom stereocenters. The summed E-state index contributed by atoms with van der Waals surface area (Å²) in [5.74, 6) is 1.55. The smallest absolute Gasteiger partial charge is 0.138 e. The Labute approximate surface area is 113 Å². The number of aromatic nitrogens is 1. The third kappa shape index (κ3) is 3.45. The highest BCUT2D eigenvalue weighted by Crippen LogP contribution is 2.21. The van der Waals surface area contributed by atoms with Crippen molar-refractivity contribution in [2.75, 3.05) is 7.11 Å². The van der Waals surface area contributed by atoms with Gasteiger partial charge in [0.1, 0.15) is 18.1 Å². The lowest BCUT2D eigenvalue weighted by atomic mass is 10.1. The predicted molar refractivity (Wildman–Crippen MR) is 74.2 cm³/mol. The van der Waals surface area contributed by atoms with E-state index in [0.29, 0.717) is 13.2 Å². The number of benzene rings is 1. The number of pyridine rings is 1. The Hall–Kier alpha value is -2.07. The third-order valence-electron chi connectivity index (χ3n) is 2.86. The van der Waals surface area contributed by atoms with Crippen molar-refractivity contribution in [2.24, 2.45) is 5.73 Å². The molecular weight excluding hydrogens is 240 g/mol. The number of hydrogen-bond donors (Lipinski definition) is 1. The van der Waals surface area contributed by atoms with Crippen LogP contribution in [-0.4, -0.2) is 12.1 Å². The molecule has 4 nitrogen and oxygen atoms in total. The highest BCUT2D eigenvalue weighted by molar-refractivity contribution is 5.37. The summed E-state index contributed by atoms with van der Waals surface area (Å²) in [4.78, 5) is 4.19. The van der Waals surface area contributed by atoms with Crippen LogP contribution in [0.2, 0.25) is 0 Å². The van der Waals surface area contributed by atoms with Gasteiger partial charge in [-0.05, 0) is 30.7 Å². The lowest BCUT2D eigenvalue weighted by molar-refractivity contribution is 0.303. The molecule has 0 spiro atoms. The molecule has 0 aliphatic heterocycles. The fraction of sp³-hybridized carbons (Fsp3) is 0.267. The van der Waals surface area contributed by atoms with Crippen molar-refractivity contribution in [2.45, 2.75) is 20.1 Å². The van der Waals surface area contributed by atoms with Gasteiger partial charge in [0.2, 0.25) is 0 Å². The summed E-state index contributed by atoms with van der Waals surface area (Å²) in [5.41, 5.74) is 8.64. The number of hydrogen-bond acceptors (Lipinski definition) is 4. The molecule has 0 atom stereocenters. The van der Waals surface area contributed by atoms with Gasteiger partial charge in [-0.1, -0.05) is 12.1 Å². The molecular formula is C15H18N2O2. The molecule has 2 rings (SSSR count). The molecule has 0 radical (unpaired) electrons. The number of nitrogens with two attached hydrogens (primary N) is 1. The molecule has 4 heteroatoms. The maximum absolute atomic E-state index is 5.67.